The standard InChI is InChI=1S/C14H14ClN5O2/c1-19(13(21)10-8-16-18-17-10)12-6-7-20(14(12)22)11-5-3-2-4-9(11)15/h2-5,8,12H,6-7H2,1H3,(H,16,17,18). The fourth-order valence-electron chi connectivity index (χ4n) is 2.56. The molecule has 22 heavy (non-hydrogen) atoms. The Hall–Kier alpha value is -2.41. The normalized spacial score (nSPS) is 17.8. The summed E-state index contributed by atoms with van der Waals surface area (Å²) in [7, 11) is 1.59. The van der Waals surface area contributed by atoms with Crippen molar-refractivity contribution in [3.63, 3.8) is 0 Å². The Kier molecular flexibility index (Phi) is 3.81. The molecule has 1 N–H and O–H groups in total. The molecule has 1 aliphatic heterocycles. The topological polar surface area (TPSA) is 82.2 Å². The van der Waals surface area contributed by atoms with Gasteiger partial charge in [0.2, 0.25) is 5.91 Å². The number of halogens is 1. The number of nitrogens with one attached hydrogen (secondary N) is 1. The van der Waals surface area contributed by atoms with E-state index in [2.05, 4.69) is 15.4 Å². The molecule has 2 heterocycles. The van der Waals surface area contributed by atoms with Gasteiger partial charge in [0.15, 0.2) is 5.69 Å². The van der Waals surface area contributed by atoms with Crippen molar-refractivity contribution in [2.75, 3.05) is 18.5 Å². The molecule has 1 aliphatic rings. The number of carbonyl (C=O) groups excluding carboxylic acids is 2. The van der Waals surface area contributed by atoms with Gasteiger partial charge in [0, 0.05) is 13.6 Å². The molecule has 1 saturated heterocycles. The van der Waals surface area contributed by atoms with Crippen LogP contribution in [0.5, 0.6) is 0 Å². The maximum Gasteiger partial charge on any atom is 0.276 e. The number of benzene rings is 1. The van der Waals surface area contributed by atoms with E-state index in [0.717, 1.165) is 0 Å². The number of hydrogen-bond acceptors (Lipinski definition) is 4. The number of hydrogen-bond donors (Lipinski definition) is 1. The Morgan fingerprint density at radius 2 is 2.23 bits per heavy atom. The molecule has 0 aliphatic carbocycles. The van der Waals surface area contributed by atoms with Gasteiger partial charge in [-0.15, -0.1) is 0 Å². The average Bonchev–Trinajstić information content (AvgIpc) is 3.16. The van der Waals surface area contributed by atoms with E-state index < -0.39 is 6.04 Å². The maximum atomic E-state index is 12.6. The van der Waals surface area contributed by atoms with Crippen molar-refractivity contribution in [3.05, 3.63) is 41.2 Å². The van der Waals surface area contributed by atoms with Crippen LogP contribution < -0.4 is 4.90 Å². The lowest BCUT2D eigenvalue weighted by Crippen LogP contribution is -2.43. The molecule has 0 radical (unpaired) electrons. The molecule has 1 aromatic heterocycles. The molecule has 0 bridgehead atoms. The molecular formula is C14H14ClN5O2. The predicted molar refractivity (Wildman–Crippen MR) is 80.7 cm³/mol. The Bertz CT molecular complexity index is 703. The fourth-order valence-corrected chi connectivity index (χ4v) is 2.80. The van der Waals surface area contributed by atoms with Crippen molar-refractivity contribution in [1.82, 2.24) is 20.3 Å². The lowest BCUT2D eigenvalue weighted by molar-refractivity contribution is -0.120. The summed E-state index contributed by atoms with van der Waals surface area (Å²) in [5.41, 5.74) is 0.852. The van der Waals surface area contributed by atoms with E-state index >= 15 is 0 Å². The first-order chi connectivity index (χ1) is 10.6. The zero-order valence-electron chi connectivity index (χ0n) is 11.9. The summed E-state index contributed by atoms with van der Waals surface area (Å²) in [5.74, 6) is -0.486. The molecule has 1 atom stereocenters. The lowest BCUT2D eigenvalue weighted by Gasteiger charge is -2.23. The summed E-state index contributed by atoms with van der Waals surface area (Å²) in [6.07, 6.45) is 1.88. The zero-order chi connectivity index (χ0) is 15.7. The highest BCUT2D eigenvalue weighted by Crippen LogP contribution is 2.30. The van der Waals surface area contributed by atoms with Crippen molar-refractivity contribution in [1.29, 1.82) is 0 Å². The molecule has 1 fully saturated rings. The minimum atomic E-state index is -0.527. The second kappa shape index (κ2) is 5.76. The van der Waals surface area contributed by atoms with Crippen LogP contribution >= 0.6 is 11.6 Å². The molecule has 114 valence electrons. The summed E-state index contributed by atoms with van der Waals surface area (Å²) in [4.78, 5) is 27.9. The molecule has 0 spiro atoms. The van der Waals surface area contributed by atoms with Gasteiger partial charge in [-0.2, -0.15) is 15.4 Å². The highest BCUT2D eigenvalue weighted by molar-refractivity contribution is 6.34. The van der Waals surface area contributed by atoms with Crippen molar-refractivity contribution in [2.24, 2.45) is 0 Å². The largest absolute Gasteiger partial charge is 0.328 e. The van der Waals surface area contributed by atoms with Crippen molar-refractivity contribution in [3.8, 4) is 0 Å². The van der Waals surface area contributed by atoms with E-state index in [9.17, 15) is 9.59 Å². The summed E-state index contributed by atoms with van der Waals surface area (Å²) in [6.45, 7) is 0.518. The quantitative estimate of drug-likeness (QED) is 0.925. The van der Waals surface area contributed by atoms with E-state index in [1.54, 1.807) is 24.1 Å². The number of amides is 2. The van der Waals surface area contributed by atoms with Gasteiger partial charge in [-0.05, 0) is 18.6 Å². The van der Waals surface area contributed by atoms with Crippen LogP contribution in [-0.4, -0.2) is 51.8 Å². The molecule has 1 unspecified atom stereocenters. The number of para-hydroxylation sites is 1. The van der Waals surface area contributed by atoms with Gasteiger partial charge < -0.3 is 9.80 Å². The third-order valence-electron chi connectivity index (χ3n) is 3.74. The third kappa shape index (κ3) is 2.43. The van der Waals surface area contributed by atoms with Crippen LogP contribution in [0.1, 0.15) is 16.9 Å². The van der Waals surface area contributed by atoms with Gasteiger partial charge in [0.25, 0.3) is 5.91 Å². The minimum absolute atomic E-state index is 0.146. The highest BCUT2D eigenvalue weighted by Gasteiger charge is 2.38. The molecule has 2 amide bonds. The number of aromatic nitrogens is 3. The van der Waals surface area contributed by atoms with E-state index in [0.29, 0.717) is 23.7 Å². The molecule has 7 nitrogen and oxygen atoms in total. The van der Waals surface area contributed by atoms with E-state index in [4.69, 9.17) is 11.6 Å². The first-order valence-corrected chi connectivity index (χ1v) is 7.16. The van der Waals surface area contributed by atoms with E-state index in [-0.39, 0.29) is 17.5 Å². The van der Waals surface area contributed by atoms with Crippen LogP contribution in [0, 0.1) is 0 Å². The highest BCUT2D eigenvalue weighted by atomic mass is 35.5. The van der Waals surface area contributed by atoms with Crippen LogP contribution in [-0.2, 0) is 4.79 Å². The Balaban J connectivity index is 1.79. The first-order valence-electron chi connectivity index (χ1n) is 6.78. The Labute approximate surface area is 131 Å². The predicted octanol–water partition coefficient (Wildman–Crippen LogP) is 1.34. The zero-order valence-corrected chi connectivity index (χ0v) is 12.6. The molecule has 3 rings (SSSR count). The molecule has 8 heteroatoms. The number of carbonyl (C=O) groups is 2. The second-order valence-electron chi connectivity index (χ2n) is 5.02. The van der Waals surface area contributed by atoms with E-state index in [1.165, 1.54) is 11.1 Å². The van der Waals surface area contributed by atoms with Gasteiger partial charge in [-0.3, -0.25) is 9.59 Å². The third-order valence-corrected chi connectivity index (χ3v) is 4.06. The summed E-state index contributed by atoms with van der Waals surface area (Å²) in [6, 6.07) is 6.64. The lowest BCUT2D eigenvalue weighted by atomic mass is 10.2. The van der Waals surface area contributed by atoms with Crippen LogP contribution in [0.4, 0.5) is 5.69 Å². The van der Waals surface area contributed by atoms with Crippen molar-refractivity contribution in [2.45, 2.75) is 12.5 Å². The van der Waals surface area contributed by atoms with Crippen LogP contribution in [0.3, 0.4) is 0 Å². The van der Waals surface area contributed by atoms with Gasteiger partial charge in [-0.25, -0.2) is 0 Å². The van der Waals surface area contributed by atoms with Gasteiger partial charge in [0.05, 0.1) is 16.9 Å². The van der Waals surface area contributed by atoms with Crippen molar-refractivity contribution < 1.29 is 9.59 Å². The number of H-pyrrole nitrogens is 1. The minimum Gasteiger partial charge on any atom is -0.328 e. The number of anilines is 1. The number of rotatable bonds is 3. The Morgan fingerprint density at radius 3 is 2.91 bits per heavy atom. The Morgan fingerprint density at radius 1 is 1.45 bits per heavy atom. The van der Waals surface area contributed by atoms with Gasteiger partial charge in [0.1, 0.15) is 6.04 Å². The molecule has 2 aromatic rings. The van der Waals surface area contributed by atoms with Crippen LogP contribution in [0.2, 0.25) is 5.02 Å². The van der Waals surface area contributed by atoms with Crippen LogP contribution in [0.25, 0.3) is 0 Å². The molecule has 1 aromatic carbocycles. The molecule has 0 saturated carbocycles. The van der Waals surface area contributed by atoms with Gasteiger partial charge in [-0.1, -0.05) is 23.7 Å². The van der Waals surface area contributed by atoms with Crippen molar-refractivity contribution >= 4 is 29.1 Å². The number of aromatic amines is 1. The monoisotopic (exact) mass is 319 g/mol. The van der Waals surface area contributed by atoms with Crippen LogP contribution in [0.15, 0.2) is 30.5 Å². The summed E-state index contributed by atoms with van der Waals surface area (Å²) >= 11 is 6.14. The SMILES string of the molecule is CN(C(=O)c1cn[nH]n1)C1CCN(c2ccccc2Cl)C1=O. The summed E-state index contributed by atoms with van der Waals surface area (Å²) in [5, 5.41) is 10.3. The maximum absolute atomic E-state index is 12.6. The summed E-state index contributed by atoms with van der Waals surface area (Å²) < 4.78 is 0. The smallest absolute Gasteiger partial charge is 0.276 e. The number of likely N-dealkylation sites (N-methyl/N-ethyl adjacent to an activating group) is 1. The first kappa shape index (κ1) is 14.5. The second-order valence-corrected chi connectivity index (χ2v) is 5.42. The molecular weight excluding hydrogens is 306 g/mol. The fraction of sp³-hybridized carbons (Fsp3) is 0.286. The average molecular weight is 320 g/mol. The van der Waals surface area contributed by atoms with E-state index in [1.807, 2.05) is 12.1 Å². The number of nitrogens with zero attached hydrogens (tertiary/aromatic N) is 4. The van der Waals surface area contributed by atoms with Gasteiger partial charge >= 0.3 is 0 Å².